The first-order valence-electron chi connectivity index (χ1n) is 5.68. The monoisotopic (exact) mass is 230 g/mol. The molecule has 1 aliphatic carbocycles. The summed E-state index contributed by atoms with van der Waals surface area (Å²) in [4.78, 5) is 32.4. The molecule has 1 atom stereocenters. The van der Waals surface area contributed by atoms with E-state index in [0.29, 0.717) is 6.29 Å². The van der Waals surface area contributed by atoms with Crippen LogP contribution in [-0.2, 0) is 14.4 Å². The molecule has 0 unspecified atom stereocenters. The van der Waals surface area contributed by atoms with Gasteiger partial charge in [0, 0.05) is 13.9 Å². The van der Waals surface area contributed by atoms with E-state index in [1.807, 2.05) is 13.8 Å². The molecule has 0 aromatic heterocycles. The molecule has 1 saturated carbocycles. The van der Waals surface area contributed by atoms with E-state index in [4.69, 9.17) is 5.73 Å². The van der Waals surface area contributed by atoms with Gasteiger partial charge in [0.25, 0.3) is 5.91 Å². The van der Waals surface area contributed by atoms with Gasteiger partial charge in [0.2, 0.25) is 5.78 Å². The van der Waals surface area contributed by atoms with Crippen molar-refractivity contribution in [3.05, 3.63) is 0 Å². The third-order valence-electron chi connectivity index (χ3n) is 2.05. The maximum Gasteiger partial charge on any atom is 0.287 e. The van der Waals surface area contributed by atoms with Crippen molar-refractivity contribution in [1.82, 2.24) is 5.32 Å². The molecule has 1 rings (SSSR count). The summed E-state index contributed by atoms with van der Waals surface area (Å²) < 4.78 is 0. The highest BCUT2D eigenvalue weighted by atomic mass is 16.2. The third kappa shape index (κ3) is 6.29. The number of ketones is 1. The van der Waals surface area contributed by atoms with E-state index in [0.717, 1.165) is 12.8 Å². The molecule has 0 saturated heterocycles. The Labute approximate surface area is 97.2 Å². The predicted molar refractivity (Wildman–Crippen MR) is 62.9 cm³/mol. The van der Waals surface area contributed by atoms with Crippen LogP contribution in [0.25, 0.3) is 0 Å². The van der Waals surface area contributed by atoms with Crippen molar-refractivity contribution < 1.29 is 15.8 Å². The minimum atomic E-state index is -0.646. The number of hydrogen-bond donors (Lipinski definition) is 2. The molecule has 0 aromatic carbocycles. The molecule has 0 radical (unpaired) electrons. The van der Waals surface area contributed by atoms with Crippen molar-refractivity contribution in [3.63, 3.8) is 0 Å². The van der Waals surface area contributed by atoms with E-state index in [9.17, 15) is 14.4 Å². The Bertz CT molecular complexity index is 255. The van der Waals surface area contributed by atoms with E-state index in [1.54, 1.807) is 0 Å². The smallest absolute Gasteiger partial charge is 0.287 e. The van der Waals surface area contributed by atoms with Gasteiger partial charge < -0.3 is 15.8 Å². The number of nitrogens with one attached hydrogen (secondary N) is 1. The van der Waals surface area contributed by atoms with Gasteiger partial charge in [0.15, 0.2) is 0 Å². The maximum atomic E-state index is 11.1. The summed E-state index contributed by atoms with van der Waals surface area (Å²) in [6.07, 6.45) is 2.75. The minimum absolute atomic E-state index is 0. The number of nitrogens with two attached hydrogens (primary N) is 1. The average Bonchev–Trinajstić information content (AvgIpc) is 3.11. The maximum absolute atomic E-state index is 11.1. The number of carbonyl (C=O) groups excluding carboxylic acids is 3. The molecule has 94 valence electrons. The molecular formula is C11H22N2O3. The zero-order chi connectivity index (χ0) is 12.6. The first kappa shape index (κ1) is 14.8. The first-order valence-corrected chi connectivity index (χ1v) is 5.68. The lowest BCUT2D eigenvalue weighted by molar-refractivity contribution is -0.138. The van der Waals surface area contributed by atoms with Gasteiger partial charge in [-0.15, -0.1) is 0 Å². The largest absolute Gasteiger partial charge is 0.347 e. The first-order chi connectivity index (χ1) is 7.63. The van der Waals surface area contributed by atoms with Crippen molar-refractivity contribution in [2.45, 2.75) is 51.6 Å². The van der Waals surface area contributed by atoms with Crippen LogP contribution in [-0.4, -0.2) is 30.1 Å². The second-order valence-corrected chi connectivity index (χ2v) is 3.51. The molecular weight excluding hydrogens is 208 g/mol. The number of carbonyl (C=O) groups is 3. The van der Waals surface area contributed by atoms with Gasteiger partial charge in [-0.25, -0.2) is 0 Å². The normalized spacial score (nSPS) is 15.4. The summed E-state index contributed by atoms with van der Waals surface area (Å²) >= 11 is 0. The lowest BCUT2D eigenvalue weighted by atomic mass is 10.1. The minimum Gasteiger partial charge on any atom is -0.347 e. The Balaban J connectivity index is 0. The Morgan fingerprint density at radius 2 is 2.06 bits per heavy atom. The highest BCUT2D eigenvalue weighted by Gasteiger charge is 2.26. The van der Waals surface area contributed by atoms with Crippen molar-refractivity contribution in [3.8, 4) is 0 Å². The highest BCUT2D eigenvalue weighted by Crippen LogP contribution is 2.18. The number of Topliss-reactive ketones (excluding diaryl/α,β-unsaturated/α-hetero) is 1. The summed E-state index contributed by atoms with van der Waals surface area (Å²) in [5.41, 5.74) is 5.28. The summed E-state index contributed by atoms with van der Waals surface area (Å²) in [7, 11) is 0. The third-order valence-corrected chi connectivity index (χ3v) is 2.05. The van der Waals surface area contributed by atoms with Crippen molar-refractivity contribution >= 4 is 18.0 Å². The lowest BCUT2D eigenvalue weighted by Gasteiger charge is -2.03. The predicted octanol–water partition coefficient (Wildman–Crippen LogP) is 0.413. The summed E-state index contributed by atoms with van der Waals surface area (Å²) in [6, 6.07) is -0.459. The number of amides is 1. The fraction of sp³-hybridized carbons (Fsp3) is 0.727. The highest BCUT2D eigenvalue weighted by molar-refractivity contribution is 6.36. The van der Waals surface area contributed by atoms with Crippen molar-refractivity contribution in [2.75, 3.05) is 0 Å². The molecule has 5 heteroatoms. The van der Waals surface area contributed by atoms with Gasteiger partial charge in [-0.1, -0.05) is 13.8 Å². The fourth-order valence-electron chi connectivity index (χ4n) is 0.973. The van der Waals surface area contributed by atoms with Crippen LogP contribution in [0.15, 0.2) is 0 Å². The zero-order valence-electron chi connectivity index (χ0n) is 9.86. The van der Waals surface area contributed by atoms with Gasteiger partial charge >= 0.3 is 0 Å². The molecule has 5 nitrogen and oxygen atoms in total. The summed E-state index contributed by atoms with van der Waals surface area (Å²) in [5, 5.41) is 2.58. The van der Waals surface area contributed by atoms with E-state index in [2.05, 4.69) is 5.32 Å². The molecule has 1 aliphatic rings. The van der Waals surface area contributed by atoms with E-state index in [-0.39, 0.29) is 20.3 Å². The number of hydrogen-bond acceptors (Lipinski definition) is 4. The van der Waals surface area contributed by atoms with Crippen LogP contribution in [0.2, 0.25) is 0 Å². The van der Waals surface area contributed by atoms with Gasteiger partial charge in [-0.3, -0.25) is 9.59 Å². The molecule has 0 bridgehead atoms. The molecule has 16 heavy (non-hydrogen) atoms. The van der Waals surface area contributed by atoms with Gasteiger partial charge in [0.05, 0.1) is 6.04 Å². The second kappa shape index (κ2) is 7.98. The average molecular weight is 230 g/mol. The van der Waals surface area contributed by atoms with Crippen LogP contribution >= 0.6 is 0 Å². The van der Waals surface area contributed by atoms with E-state index < -0.39 is 17.7 Å². The topological polar surface area (TPSA) is 89.3 Å². The van der Waals surface area contributed by atoms with E-state index in [1.165, 1.54) is 0 Å². The Kier molecular flexibility index (Phi) is 7.37. The Morgan fingerprint density at radius 1 is 1.50 bits per heavy atom. The molecule has 3 N–H and O–H groups in total. The Morgan fingerprint density at radius 3 is 2.50 bits per heavy atom. The SMILES string of the molecule is CC.N[C@H](C=O)CCC(=O)C(=O)NC1CC1.[HH]. The van der Waals surface area contributed by atoms with Crippen LogP contribution < -0.4 is 11.1 Å². The van der Waals surface area contributed by atoms with Crippen molar-refractivity contribution in [2.24, 2.45) is 5.73 Å². The number of rotatable bonds is 6. The zero-order valence-corrected chi connectivity index (χ0v) is 9.86. The molecule has 0 heterocycles. The lowest BCUT2D eigenvalue weighted by Crippen LogP contribution is -2.33. The number of aldehydes is 1. The van der Waals surface area contributed by atoms with Crippen molar-refractivity contribution in [1.29, 1.82) is 0 Å². The quantitative estimate of drug-likeness (QED) is 0.511. The van der Waals surface area contributed by atoms with Crippen LogP contribution in [0.4, 0.5) is 0 Å². The van der Waals surface area contributed by atoms with Gasteiger partial charge in [-0.05, 0) is 19.3 Å². The standard InChI is InChI=1S/C9H14N2O3.C2H6.H2/c10-6(5-12)1-4-8(13)9(14)11-7-2-3-7;1-2;/h5-7H,1-4,10H2,(H,11,14);1-2H3;1H/t6-;;/m0../s1. The summed E-state index contributed by atoms with van der Waals surface area (Å²) in [5.74, 6) is -1.04. The fourth-order valence-corrected chi connectivity index (χ4v) is 0.973. The summed E-state index contributed by atoms with van der Waals surface area (Å²) in [6.45, 7) is 4.00. The van der Waals surface area contributed by atoms with Crippen LogP contribution in [0.5, 0.6) is 0 Å². The molecule has 0 aliphatic heterocycles. The molecule has 0 spiro atoms. The van der Waals surface area contributed by atoms with E-state index >= 15 is 0 Å². The molecule has 0 aromatic rings. The van der Waals surface area contributed by atoms with Crippen LogP contribution in [0.3, 0.4) is 0 Å². The Hall–Kier alpha value is -1.23. The van der Waals surface area contributed by atoms with Crippen LogP contribution in [0.1, 0.15) is 41.0 Å². The second-order valence-electron chi connectivity index (χ2n) is 3.51. The van der Waals surface area contributed by atoms with Gasteiger partial charge in [0.1, 0.15) is 6.29 Å². The van der Waals surface area contributed by atoms with Crippen LogP contribution in [0, 0.1) is 0 Å². The van der Waals surface area contributed by atoms with Gasteiger partial charge in [-0.2, -0.15) is 0 Å². The molecule has 1 amide bonds. The molecule has 1 fully saturated rings.